The van der Waals surface area contributed by atoms with E-state index in [9.17, 15) is 4.79 Å². The summed E-state index contributed by atoms with van der Waals surface area (Å²) in [7, 11) is 0. The number of ether oxygens (including phenoxy) is 1. The van der Waals surface area contributed by atoms with E-state index in [2.05, 4.69) is 20.4 Å². The zero-order valence-electron chi connectivity index (χ0n) is 17.6. The highest BCUT2D eigenvalue weighted by molar-refractivity contribution is 5.95. The maximum atomic E-state index is 12.8. The molecule has 0 atom stereocenters. The van der Waals surface area contributed by atoms with Crippen LogP contribution in [0.3, 0.4) is 0 Å². The Bertz CT molecular complexity index is 1260. The van der Waals surface area contributed by atoms with Crippen molar-refractivity contribution in [2.75, 3.05) is 5.73 Å². The third-order valence-corrected chi connectivity index (χ3v) is 5.70. The van der Waals surface area contributed by atoms with Gasteiger partial charge in [0.05, 0.1) is 11.7 Å². The van der Waals surface area contributed by atoms with Crippen LogP contribution in [0.25, 0.3) is 16.8 Å². The standard InChI is InChI=1S/C24H24N6O2/c25-24-28-22-12-16(9-10-30(22)29-24)18-11-19(14-26-13-18)23(31)27-15-17-5-1-4-8-21(17)32-20-6-2-3-7-20/h1,4-5,8-14,20H,2-3,6-7,15H2,(H2,25,29)(H,27,31). The van der Waals surface area contributed by atoms with E-state index in [0.717, 1.165) is 35.3 Å². The molecule has 4 aromatic rings. The predicted molar refractivity (Wildman–Crippen MR) is 121 cm³/mol. The van der Waals surface area contributed by atoms with Gasteiger partial charge in [-0.05, 0) is 55.5 Å². The van der Waals surface area contributed by atoms with Gasteiger partial charge in [-0.2, -0.15) is 4.98 Å². The molecule has 162 valence electrons. The number of aromatic nitrogens is 4. The summed E-state index contributed by atoms with van der Waals surface area (Å²) in [5.74, 6) is 0.862. The Balaban J connectivity index is 1.30. The zero-order chi connectivity index (χ0) is 21.9. The van der Waals surface area contributed by atoms with Crippen molar-refractivity contribution in [2.24, 2.45) is 0 Å². The van der Waals surface area contributed by atoms with E-state index in [1.54, 1.807) is 23.1 Å². The van der Waals surface area contributed by atoms with Crippen LogP contribution in [0.4, 0.5) is 5.95 Å². The van der Waals surface area contributed by atoms with Crippen molar-refractivity contribution in [2.45, 2.75) is 38.3 Å². The molecule has 0 radical (unpaired) electrons. The number of nitrogens with zero attached hydrogens (tertiary/aromatic N) is 4. The molecule has 1 amide bonds. The van der Waals surface area contributed by atoms with Crippen molar-refractivity contribution in [3.05, 3.63) is 72.2 Å². The van der Waals surface area contributed by atoms with Gasteiger partial charge in [0, 0.05) is 36.3 Å². The van der Waals surface area contributed by atoms with Crippen LogP contribution in [0.2, 0.25) is 0 Å². The third-order valence-electron chi connectivity index (χ3n) is 5.70. The van der Waals surface area contributed by atoms with Gasteiger partial charge >= 0.3 is 0 Å². The number of nitrogens with one attached hydrogen (secondary N) is 1. The van der Waals surface area contributed by atoms with Crippen molar-refractivity contribution in [3.8, 4) is 16.9 Å². The normalized spacial score (nSPS) is 14.0. The van der Waals surface area contributed by atoms with Gasteiger partial charge in [-0.3, -0.25) is 9.78 Å². The van der Waals surface area contributed by atoms with Crippen molar-refractivity contribution < 1.29 is 9.53 Å². The second-order valence-corrected chi connectivity index (χ2v) is 7.97. The van der Waals surface area contributed by atoms with Crippen LogP contribution in [-0.4, -0.2) is 31.6 Å². The first-order chi connectivity index (χ1) is 15.7. The molecule has 5 rings (SSSR count). The first kappa shape index (κ1) is 20.0. The second kappa shape index (κ2) is 8.66. The fourth-order valence-electron chi connectivity index (χ4n) is 4.03. The van der Waals surface area contributed by atoms with Crippen LogP contribution in [0, 0.1) is 0 Å². The lowest BCUT2D eigenvalue weighted by Crippen LogP contribution is -2.23. The zero-order valence-corrected chi connectivity index (χ0v) is 17.6. The van der Waals surface area contributed by atoms with Crippen molar-refractivity contribution in [1.29, 1.82) is 0 Å². The Hall–Kier alpha value is -3.94. The summed E-state index contributed by atoms with van der Waals surface area (Å²) < 4.78 is 7.78. The van der Waals surface area contributed by atoms with E-state index in [1.807, 2.05) is 42.5 Å². The summed E-state index contributed by atoms with van der Waals surface area (Å²) in [6.07, 6.45) is 9.93. The first-order valence-corrected chi connectivity index (χ1v) is 10.8. The molecule has 1 aromatic carbocycles. The lowest BCUT2D eigenvalue weighted by molar-refractivity contribution is 0.0950. The molecule has 1 saturated carbocycles. The number of benzene rings is 1. The van der Waals surface area contributed by atoms with Gasteiger partial charge in [0.1, 0.15) is 5.75 Å². The number of fused-ring (bicyclic) bond motifs is 1. The Labute approximate surface area is 185 Å². The largest absolute Gasteiger partial charge is 0.490 e. The second-order valence-electron chi connectivity index (χ2n) is 7.97. The number of rotatable bonds is 6. The number of anilines is 1. The summed E-state index contributed by atoms with van der Waals surface area (Å²) in [6, 6.07) is 13.4. The predicted octanol–water partition coefficient (Wildman–Crippen LogP) is 3.62. The quantitative estimate of drug-likeness (QED) is 0.486. The summed E-state index contributed by atoms with van der Waals surface area (Å²) in [4.78, 5) is 21.3. The topological polar surface area (TPSA) is 107 Å². The number of pyridine rings is 2. The van der Waals surface area contributed by atoms with E-state index < -0.39 is 0 Å². The molecule has 0 saturated heterocycles. The third kappa shape index (κ3) is 4.25. The highest BCUT2D eigenvalue weighted by Crippen LogP contribution is 2.27. The van der Waals surface area contributed by atoms with Crippen LogP contribution in [0.5, 0.6) is 5.75 Å². The number of para-hydroxylation sites is 1. The highest BCUT2D eigenvalue weighted by Gasteiger charge is 2.18. The summed E-state index contributed by atoms with van der Waals surface area (Å²) in [5.41, 5.74) is 9.43. The first-order valence-electron chi connectivity index (χ1n) is 10.8. The van der Waals surface area contributed by atoms with E-state index in [1.165, 1.54) is 12.8 Å². The molecule has 8 heteroatoms. The van der Waals surface area contributed by atoms with Gasteiger partial charge in [-0.15, -0.1) is 5.10 Å². The van der Waals surface area contributed by atoms with Gasteiger partial charge in [0.25, 0.3) is 5.91 Å². The van der Waals surface area contributed by atoms with Gasteiger partial charge < -0.3 is 15.8 Å². The molecule has 3 aromatic heterocycles. The number of nitrogens with two attached hydrogens (primary N) is 1. The molecule has 1 fully saturated rings. The smallest absolute Gasteiger partial charge is 0.253 e. The van der Waals surface area contributed by atoms with Gasteiger partial charge in [-0.25, -0.2) is 4.52 Å². The minimum absolute atomic E-state index is 0.192. The van der Waals surface area contributed by atoms with Crippen LogP contribution in [-0.2, 0) is 6.54 Å². The average molecular weight is 428 g/mol. The maximum absolute atomic E-state index is 12.8. The van der Waals surface area contributed by atoms with Crippen molar-refractivity contribution >= 4 is 17.5 Å². The monoisotopic (exact) mass is 428 g/mol. The van der Waals surface area contributed by atoms with Gasteiger partial charge in [0.2, 0.25) is 5.95 Å². The number of amides is 1. The molecular weight excluding hydrogens is 404 g/mol. The van der Waals surface area contributed by atoms with Crippen molar-refractivity contribution in [3.63, 3.8) is 0 Å². The number of nitrogen functional groups attached to an aromatic ring is 1. The molecule has 0 aliphatic heterocycles. The Morgan fingerprint density at radius 2 is 1.97 bits per heavy atom. The Kier molecular flexibility index (Phi) is 5.41. The minimum atomic E-state index is -0.192. The lowest BCUT2D eigenvalue weighted by atomic mass is 10.1. The maximum Gasteiger partial charge on any atom is 0.253 e. The molecule has 8 nitrogen and oxygen atoms in total. The van der Waals surface area contributed by atoms with E-state index in [4.69, 9.17) is 10.5 Å². The molecule has 0 unspecified atom stereocenters. The fraction of sp³-hybridized carbons (Fsp3) is 0.250. The molecule has 1 aliphatic rings. The molecular formula is C24H24N6O2. The van der Waals surface area contributed by atoms with Crippen LogP contribution in [0.1, 0.15) is 41.6 Å². The van der Waals surface area contributed by atoms with E-state index in [-0.39, 0.29) is 18.0 Å². The average Bonchev–Trinajstić information content (AvgIpc) is 3.46. The summed E-state index contributed by atoms with van der Waals surface area (Å²) in [6.45, 7) is 0.386. The highest BCUT2D eigenvalue weighted by atomic mass is 16.5. The van der Waals surface area contributed by atoms with E-state index >= 15 is 0 Å². The fourth-order valence-corrected chi connectivity index (χ4v) is 4.03. The summed E-state index contributed by atoms with van der Waals surface area (Å²) >= 11 is 0. The Morgan fingerprint density at radius 1 is 1.12 bits per heavy atom. The van der Waals surface area contributed by atoms with Crippen molar-refractivity contribution in [1.82, 2.24) is 24.9 Å². The summed E-state index contributed by atoms with van der Waals surface area (Å²) in [5, 5.41) is 7.07. The molecule has 1 aliphatic carbocycles. The SMILES string of the molecule is Nc1nc2cc(-c3cncc(C(=O)NCc4ccccc4OC4CCCC4)c3)ccn2n1. The minimum Gasteiger partial charge on any atom is -0.490 e. The Morgan fingerprint density at radius 3 is 2.84 bits per heavy atom. The molecule has 3 heterocycles. The molecule has 3 N–H and O–H groups in total. The number of carbonyl (C=O) groups excluding carboxylic acids is 1. The van der Waals surface area contributed by atoms with Crippen LogP contribution < -0.4 is 15.8 Å². The number of carbonyl (C=O) groups is 1. The van der Waals surface area contributed by atoms with Crippen LogP contribution >= 0.6 is 0 Å². The van der Waals surface area contributed by atoms with Gasteiger partial charge in [0.15, 0.2) is 5.65 Å². The number of hydrogen-bond acceptors (Lipinski definition) is 6. The molecule has 0 spiro atoms. The number of hydrogen-bond donors (Lipinski definition) is 2. The molecule has 32 heavy (non-hydrogen) atoms. The molecule has 0 bridgehead atoms. The van der Waals surface area contributed by atoms with E-state index in [0.29, 0.717) is 17.8 Å². The van der Waals surface area contributed by atoms with Gasteiger partial charge in [-0.1, -0.05) is 18.2 Å². The van der Waals surface area contributed by atoms with Crippen LogP contribution in [0.15, 0.2) is 61.1 Å². The lowest BCUT2D eigenvalue weighted by Gasteiger charge is -2.17.